The molecule has 0 aliphatic carbocycles. The van der Waals surface area contributed by atoms with Gasteiger partial charge in [0.2, 0.25) is 11.9 Å². The summed E-state index contributed by atoms with van der Waals surface area (Å²) in [4.78, 5) is 21.1. The van der Waals surface area contributed by atoms with Crippen molar-refractivity contribution in [1.82, 2.24) is 9.97 Å². The van der Waals surface area contributed by atoms with Crippen LogP contribution in [0.2, 0.25) is 0 Å². The molecule has 0 unspecified atom stereocenters. The highest BCUT2D eigenvalue weighted by atomic mass is 19.1. The number of aromatic nitrogens is 2. The maximum absolute atomic E-state index is 13.8. The van der Waals surface area contributed by atoms with Crippen LogP contribution in [0.15, 0.2) is 30.5 Å². The monoisotopic (exact) mass is 288 g/mol. The number of amides is 1. The Hall–Kier alpha value is -2.50. The zero-order chi connectivity index (χ0) is 15.4. The number of nitrogens with two attached hydrogens (primary N) is 1. The van der Waals surface area contributed by atoms with Gasteiger partial charge in [0.05, 0.1) is 6.20 Å². The number of hydrogen-bond acceptors (Lipinski definition) is 4. The first kappa shape index (κ1) is 14.9. The zero-order valence-corrected chi connectivity index (χ0v) is 12.0. The molecule has 0 radical (unpaired) electrons. The number of halogens is 1. The molecule has 1 heterocycles. The summed E-state index contributed by atoms with van der Waals surface area (Å²) in [6.45, 7) is 4.24. The highest BCUT2D eigenvalue weighted by Gasteiger charge is 2.14. The summed E-state index contributed by atoms with van der Waals surface area (Å²) in [5, 5.41) is 0. The average Bonchev–Trinajstić information content (AvgIpc) is 2.50. The topological polar surface area (TPSA) is 72.1 Å². The third-order valence-electron chi connectivity index (χ3n) is 3.11. The molecule has 1 aromatic heterocycles. The van der Waals surface area contributed by atoms with E-state index in [0.29, 0.717) is 24.2 Å². The first-order valence-electron chi connectivity index (χ1n) is 6.75. The van der Waals surface area contributed by atoms with Gasteiger partial charge >= 0.3 is 0 Å². The average molecular weight is 288 g/mol. The minimum absolute atomic E-state index is 0.00813. The summed E-state index contributed by atoms with van der Waals surface area (Å²) in [5.74, 6) is -0.530. The minimum Gasteiger partial charge on any atom is -0.368 e. The minimum atomic E-state index is -0.550. The predicted molar refractivity (Wildman–Crippen MR) is 80.2 cm³/mol. The molecule has 2 rings (SSSR count). The second-order valence-electron chi connectivity index (χ2n) is 4.47. The van der Waals surface area contributed by atoms with Crippen LogP contribution in [0.5, 0.6) is 0 Å². The molecule has 0 aliphatic heterocycles. The van der Waals surface area contributed by atoms with Crippen molar-refractivity contribution in [3.63, 3.8) is 0 Å². The van der Waals surface area contributed by atoms with Crippen molar-refractivity contribution in [3.05, 3.63) is 36.3 Å². The van der Waals surface area contributed by atoms with E-state index in [0.717, 1.165) is 6.20 Å². The quantitative estimate of drug-likeness (QED) is 0.938. The summed E-state index contributed by atoms with van der Waals surface area (Å²) in [5.41, 5.74) is 6.90. The molecule has 0 bridgehead atoms. The van der Waals surface area contributed by atoms with Gasteiger partial charge in [-0.25, -0.2) is 14.4 Å². The summed E-state index contributed by atoms with van der Waals surface area (Å²) in [6, 6.07) is 7.01. The van der Waals surface area contributed by atoms with Gasteiger partial charge < -0.3 is 10.6 Å². The Morgan fingerprint density at radius 2 is 2.14 bits per heavy atom. The molecule has 5 nitrogen and oxygen atoms in total. The number of carbonyl (C=O) groups is 1. The van der Waals surface area contributed by atoms with E-state index in [1.165, 1.54) is 0 Å². The van der Waals surface area contributed by atoms with Crippen LogP contribution in [-0.2, 0) is 4.79 Å². The lowest BCUT2D eigenvalue weighted by atomic mass is 10.1. The fourth-order valence-electron chi connectivity index (χ4n) is 2.10. The van der Waals surface area contributed by atoms with Gasteiger partial charge in [-0.3, -0.25) is 4.79 Å². The maximum Gasteiger partial charge on any atom is 0.226 e. The van der Waals surface area contributed by atoms with Gasteiger partial charge in [-0.2, -0.15) is 0 Å². The maximum atomic E-state index is 13.8. The third-order valence-corrected chi connectivity index (χ3v) is 3.11. The largest absolute Gasteiger partial charge is 0.368 e. The van der Waals surface area contributed by atoms with Gasteiger partial charge in [-0.1, -0.05) is 19.1 Å². The predicted octanol–water partition coefficient (Wildman–Crippen LogP) is 2.63. The molecule has 1 aromatic carbocycles. The Morgan fingerprint density at radius 3 is 2.81 bits per heavy atom. The molecule has 0 spiro atoms. The van der Waals surface area contributed by atoms with Gasteiger partial charge in [0.1, 0.15) is 5.69 Å². The van der Waals surface area contributed by atoms with Crippen molar-refractivity contribution < 1.29 is 9.18 Å². The molecule has 2 aromatic rings. The molecule has 0 atom stereocenters. The van der Waals surface area contributed by atoms with Crippen LogP contribution in [0.25, 0.3) is 11.3 Å². The van der Waals surface area contributed by atoms with Crippen LogP contribution in [0.3, 0.4) is 0 Å². The number of carbonyl (C=O) groups excluding carboxylic acids is 1. The molecular formula is C15H17FN4O. The lowest BCUT2D eigenvalue weighted by Crippen LogP contribution is -2.29. The third kappa shape index (κ3) is 3.16. The number of rotatable bonds is 4. The Bertz CT molecular complexity index is 660. The molecule has 21 heavy (non-hydrogen) atoms. The van der Waals surface area contributed by atoms with Crippen LogP contribution in [0, 0.1) is 5.82 Å². The normalized spacial score (nSPS) is 10.4. The SMILES string of the molecule is CCC(=O)N(CC)c1cccc(-c2nc(N)ncc2F)c1. The molecule has 1 amide bonds. The van der Waals surface area contributed by atoms with Crippen LogP contribution >= 0.6 is 0 Å². The smallest absolute Gasteiger partial charge is 0.226 e. The molecule has 6 heteroatoms. The van der Waals surface area contributed by atoms with Crippen molar-refractivity contribution in [1.29, 1.82) is 0 Å². The first-order chi connectivity index (χ1) is 10.1. The van der Waals surface area contributed by atoms with Gasteiger partial charge in [0.15, 0.2) is 5.82 Å². The second-order valence-corrected chi connectivity index (χ2v) is 4.47. The molecule has 2 N–H and O–H groups in total. The molecular weight excluding hydrogens is 271 g/mol. The summed E-state index contributed by atoms with van der Waals surface area (Å²) in [7, 11) is 0. The van der Waals surface area contributed by atoms with Crippen molar-refractivity contribution in [3.8, 4) is 11.3 Å². The number of benzene rings is 1. The summed E-state index contributed by atoms with van der Waals surface area (Å²) in [6.07, 6.45) is 1.45. The lowest BCUT2D eigenvalue weighted by Gasteiger charge is -2.21. The molecule has 110 valence electrons. The Kier molecular flexibility index (Phi) is 4.47. The van der Waals surface area contributed by atoms with E-state index in [1.54, 1.807) is 30.0 Å². The van der Waals surface area contributed by atoms with Crippen LogP contribution in [-0.4, -0.2) is 22.4 Å². The van der Waals surface area contributed by atoms with E-state index >= 15 is 0 Å². The van der Waals surface area contributed by atoms with Gasteiger partial charge in [0, 0.05) is 24.2 Å². The standard InChI is InChI=1S/C15H17FN4O/c1-3-13(21)20(4-2)11-7-5-6-10(8-11)14-12(16)9-18-15(17)19-14/h5-9H,3-4H2,1-2H3,(H2,17,18,19). The van der Waals surface area contributed by atoms with Gasteiger partial charge in [-0.15, -0.1) is 0 Å². The number of nitrogen functional groups attached to an aromatic ring is 1. The summed E-state index contributed by atoms with van der Waals surface area (Å²) < 4.78 is 13.8. The van der Waals surface area contributed by atoms with Gasteiger partial charge in [0.25, 0.3) is 0 Å². The Morgan fingerprint density at radius 1 is 1.38 bits per heavy atom. The number of anilines is 2. The van der Waals surface area contributed by atoms with E-state index in [2.05, 4.69) is 9.97 Å². The number of hydrogen-bond donors (Lipinski definition) is 1. The van der Waals surface area contributed by atoms with Crippen molar-refractivity contribution in [2.24, 2.45) is 0 Å². The van der Waals surface area contributed by atoms with Crippen molar-refractivity contribution >= 4 is 17.5 Å². The fraction of sp³-hybridized carbons (Fsp3) is 0.267. The van der Waals surface area contributed by atoms with Crippen LogP contribution in [0.1, 0.15) is 20.3 Å². The second kappa shape index (κ2) is 6.30. The van der Waals surface area contributed by atoms with Gasteiger partial charge in [-0.05, 0) is 19.1 Å². The van der Waals surface area contributed by atoms with Crippen molar-refractivity contribution in [2.45, 2.75) is 20.3 Å². The zero-order valence-electron chi connectivity index (χ0n) is 12.0. The van der Waals surface area contributed by atoms with E-state index < -0.39 is 5.82 Å². The van der Waals surface area contributed by atoms with Crippen LogP contribution in [0.4, 0.5) is 16.0 Å². The molecule has 0 aliphatic rings. The van der Waals surface area contributed by atoms with E-state index in [9.17, 15) is 9.18 Å². The first-order valence-corrected chi connectivity index (χ1v) is 6.75. The summed E-state index contributed by atoms with van der Waals surface area (Å²) >= 11 is 0. The fourth-order valence-corrected chi connectivity index (χ4v) is 2.10. The molecule has 0 saturated carbocycles. The lowest BCUT2D eigenvalue weighted by molar-refractivity contribution is -0.118. The van der Waals surface area contributed by atoms with Crippen LogP contribution < -0.4 is 10.6 Å². The Labute approximate surface area is 122 Å². The van der Waals surface area contributed by atoms with E-state index in [1.807, 2.05) is 13.0 Å². The molecule has 0 fully saturated rings. The number of nitrogens with zero attached hydrogens (tertiary/aromatic N) is 3. The Balaban J connectivity index is 2.46. The highest BCUT2D eigenvalue weighted by molar-refractivity contribution is 5.93. The highest BCUT2D eigenvalue weighted by Crippen LogP contribution is 2.25. The molecule has 0 saturated heterocycles. The van der Waals surface area contributed by atoms with E-state index in [4.69, 9.17) is 5.73 Å². The van der Waals surface area contributed by atoms with E-state index in [-0.39, 0.29) is 17.5 Å². The van der Waals surface area contributed by atoms with Crippen molar-refractivity contribution in [2.75, 3.05) is 17.2 Å².